The van der Waals surface area contributed by atoms with Crippen LogP contribution in [0.2, 0.25) is 0 Å². The molecular formula is C27H35NO5. The van der Waals surface area contributed by atoms with Crippen LogP contribution in [0.1, 0.15) is 49.4 Å². The van der Waals surface area contributed by atoms with Crippen molar-refractivity contribution in [3.63, 3.8) is 0 Å². The fourth-order valence-electron chi connectivity index (χ4n) is 10.3. The third-order valence-corrected chi connectivity index (χ3v) is 11.3. The van der Waals surface area contributed by atoms with E-state index in [2.05, 4.69) is 12.2 Å². The number of hydrogen-bond donors (Lipinski definition) is 3. The van der Waals surface area contributed by atoms with Crippen molar-refractivity contribution >= 4 is 5.97 Å². The summed E-state index contributed by atoms with van der Waals surface area (Å²) in [6.45, 7) is 3.34. The smallest absolute Gasteiger partial charge is 0.338 e. The molecule has 1 aromatic carbocycles. The molecule has 12 atom stereocenters. The van der Waals surface area contributed by atoms with Crippen LogP contribution < -0.4 is 5.32 Å². The summed E-state index contributed by atoms with van der Waals surface area (Å²) in [6.07, 6.45) is 3.32. The maximum absolute atomic E-state index is 13.1. The molecule has 1 spiro atoms. The van der Waals surface area contributed by atoms with E-state index < -0.39 is 5.60 Å². The van der Waals surface area contributed by atoms with Gasteiger partial charge in [-0.1, -0.05) is 25.1 Å². The topological polar surface area (TPSA) is 88.0 Å². The molecule has 0 aromatic heterocycles. The van der Waals surface area contributed by atoms with Gasteiger partial charge in [-0.3, -0.25) is 0 Å². The molecule has 6 heteroatoms. The summed E-state index contributed by atoms with van der Waals surface area (Å²) < 4.78 is 12.2. The second-order valence-electron chi connectivity index (χ2n) is 12.2. The number of aliphatic hydroxyl groups excluding tert-OH is 1. The van der Waals surface area contributed by atoms with Crippen LogP contribution in [0.4, 0.5) is 0 Å². The number of carbonyl (C=O) groups is 1. The molecule has 7 bridgehead atoms. The van der Waals surface area contributed by atoms with Crippen molar-refractivity contribution in [2.75, 3.05) is 13.7 Å². The Hall–Kier alpha value is -1.47. The Morgan fingerprint density at radius 1 is 1.18 bits per heavy atom. The number of nitrogens with one attached hydrogen (secondary N) is 1. The lowest BCUT2D eigenvalue weighted by atomic mass is 9.44. The average Bonchev–Trinajstić information content (AvgIpc) is 3.25. The number of methoxy groups -OCH3 is 1. The SMILES string of the molecule is COC1CC2(O)C3CC4C5(C)CCC(O)C4(C4CC1C(OC(=O)c1ccccc1)C42)C3NC5. The van der Waals surface area contributed by atoms with Crippen molar-refractivity contribution in [1.82, 2.24) is 5.32 Å². The van der Waals surface area contributed by atoms with Gasteiger partial charge < -0.3 is 25.0 Å². The molecule has 1 aromatic rings. The maximum atomic E-state index is 13.1. The predicted octanol–water partition coefficient (Wildman–Crippen LogP) is 2.38. The normalized spacial score (nSPS) is 55.3. The minimum atomic E-state index is -0.953. The molecule has 0 radical (unpaired) electrons. The Bertz CT molecular complexity index is 986. The molecule has 1 heterocycles. The molecule has 3 N–H and O–H groups in total. The second-order valence-corrected chi connectivity index (χ2v) is 12.2. The van der Waals surface area contributed by atoms with Gasteiger partial charge in [0.05, 0.1) is 23.4 Å². The highest BCUT2D eigenvalue weighted by molar-refractivity contribution is 5.89. The monoisotopic (exact) mass is 453 g/mol. The molecular weight excluding hydrogens is 418 g/mol. The van der Waals surface area contributed by atoms with Gasteiger partial charge in [0, 0.05) is 49.3 Å². The van der Waals surface area contributed by atoms with Gasteiger partial charge in [-0.05, 0) is 55.1 Å². The van der Waals surface area contributed by atoms with Crippen molar-refractivity contribution < 1.29 is 24.5 Å². The molecule has 6 nitrogen and oxygen atoms in total. The first-order chi connectivity index (χ1) is 15.8. The van der Waals surface area contributed by atoms with E-state index in [1.807, 2.05) is 18.2 Å². The molecule has 6 fully saturated rings. The summed E-state index contributed by atoms with van der Waals surface area (Å²) in [5.74, 6) is 0.144. The Kier molecular flexibility index (Phi) is 4.17. The van der Waals surface area contributed by atoms with E-state index in [1.165, 1.54) is 0 Å². The first-order valence-electron chi connectivity index (χ1n) is 12.8. The first-order valence-corrected chi connectivity index (χ1v) is 12.8. The fourth-order valence-corrected chi connectivity index (χ4v) is 10.3. The molecule has 1 aliphatic heterocycles. The van der Waals surface area contributed by atoms with Crippen molar-refractivity contribution in [3.8, 4) is 0 Å². The summed E-state index contributed by atoms with van der Waals surface area (Å²) in [4.78, 5) is 13.1. The number of esters is 1. The van der Waals surface area contributed by atoms with Gasteiger partial charge >= 0.3 is 5.97 Å². The van der Waals surface area contributed by atoms with E-state index in [4.69, 9.17) is 9.47 Å². The van der Waals surface area contributed by atoms with E-state index in [1.54, 1.807) is 19.2 Å². The quantitative estimate of drug-likeness (QED) is 0.609. The minimum Gasteiger partial charge on any atom is -0.458 e. The standard InChI is InChI=1S/C27H35NO5/c1-25-9-8-20(29)27-16-10-15-18(32-2)12-26(31,17(11-19(25)27)23(27)28-13-25)21(16)22(15)33-24(30)14-6-4-3-5-7-14/h3-7,15-23,28-29,31H,8-13H2,1-2H3. The predicted molar refractivity (Wildman–Crippen MR) is 120 cm³/mol. The molecule has 7 rings (SSSR count). The molecule has 33 heavy (non-hydrogen) atoms. The van der Waals surface area contributed by atoms with Crippen molar-refractivity contribution in [3.05, 3.63) is 35.9 Å². The number of piperidine rings is 1. The second kappa shape index (κ2) is 6.60. The molecule has 1 saturated heterocycles. The largest absolute Gasteiger partial charge is 0.458 e. The Balaban J connectivity index is 1.34. The van der Waals surface area contributed by atoms with E-state index in [0.717, 1.165) is 32.2 Å². The van der Waals surface area contributed by atoms with Crippen LogP contribution >= 0.6 is 0 Å². The van der Waals surface area contributed by atoms with Crippen LogP contribution in [-0.2, 0) is 9.47 Å². The van der Waals surface area contributed by atoms with Crippen molar-refractivity contribution in [2.45, 2.75) is 69.0 Å². The van der Waals surface area contributed by atoms with Crippen LogP contribution in [0.25, 0.3) is 0 Å². The number of benzene rings is 1. The highest BCUT2D eigenvalue weighted by Crippen LogP contribution is 2.77. The molecule has 5 aliphatic carbocycles. The van der Waals surface area contributed by atoms with Crippen LogP contribution in [0.15, 0.2) is 30.3 Å². The van der Waals surface area contributed by atoms with Gasteiger partial charge in [-0.15, -0.1) is 0 Å². The van der Waals surface area contributed by atoms with E-state index >= 15 is 0 Å². The number of hydrogen-bond acceptors (Lipinski definition) is 6. The Morgan fingerprint density at radius 3 is 2.73 bits per heavy atom. The average molecular weight is 454 g/mol. The van der Waals surface area contributed by atoms with Gasteiger partial charge in [0.2, 0.25) is 0 Å². The molecule has 12 unspecified atom stereocenters. The summed E-state index contributed by atoms with van der Waals surface area (Å²) in [5, 5.41) is 28.0. The van der Waals surface area contributed by atoms with Crippen LogP contribution in [0.5, 0.6) is 0 Å². The summed E-state index contributed by atoms with van der Waals surface area (Å²) in [6, 6.07) is 9.26. The fraction of sp³-hybridized carbons (Fsp3) is 0.741. The number of carbonyl (C=O) groups excluding carboxylic acids is 1. The number of rotatable bonds is 3. The van der Waals surface area contributed by atoms with Crippen LogP contribution in [0.3, 0.4) is 0 Å². The Morgan fingerprint density at radius 2 is 1.97 bits per heavy atom. The van der Waals surface area contributed by atoms with E-state index in [9.17, 15) is 15.0 Å². The lowest BCUT2D eigenvalue weighted by molar-refractivity contribution is -0.241. The minimum absolute atomic E-state index is 0.0489. The van der Waals surface area contributed by atoms with Gasteiger partial charge in [-0.25, -0.2) is 4.79 Å². The molecule has 178 valence electrons. The summed E-state index contributed by atoms with van der Waals surface area (Å²) in [5.41, 5.74) is -0.514. The highest BCUT2D eigenvalue weighted by Gasteiger charge is 2.82. The van der Waals surface area contributed by atoms with Crippen LogP contribution in [0, 0.1) is 40.4 Å². The van der Waals surface area contributed by atoms with Gasteiger partial charge in [0.25, 0.3) is 0 Å². The third-order valence-electron chi connectivity index (χ3n) is 11.3. The first kappa shape index (κ1) is 20.9. The zero-order chi connectivity index (χ0) is 22.8. The van der Waals surface area contributed by atoms with Gasteiger partial charge in [-0.2, -0.15) is 0 Å². The number of ether oxygens (including phenoxy) is 2. The van der Waals surface area contributed by atoms with Crippen molar-refractivity contribution in [2.24, 2.45) is 40.4 Å². The number of fused-ring (bicyclic) bond motifs is 2. The summed E-state index contributed by atoms with van der Waals surface area (Å²) >= 11 is 0. The van der Waals surface area contributed by atoms with Gasteiger partial charge in [0.15, 0.2) is 0 Å². The zero-order valence-corrected chi connectivity index (χ0v) is 19.4. The van der Waals surface area contributed by atoms with Crippen LogP contribution in [-0.4, -0.2) is 59.8 Å². The van der Waals surface area contributed by atoms with E-state index in [-0.39, 0.29) is 64.8 Å². The van der Waals surface area contributed by atoms with Crippen molar-refractivity contribution in [1.29, 1.82) is 0 Å². The number of aliphatic hydroxyl groups is 2. The molecule has 6 aliphatic rings. The van der Waals surface area contributed by atoms with Gasteiger partial charge in [0.1, 0.15) is 6.10 Å². The zero-order valence-electron chi connectivity index (χ0n) is 19.4. The lowest BCUT2D eigenvalue weighted by Gasteiger charge is -2.66. The third kappa shape index (κ3) is 2.32. The summed E-state index contributed by atoms with van der Waals surface area (Å²) in [7, 11) is 1.71. The molecule has 5 saturated carbocycles. The maximum Gasteiger partial charge on any atom is 0.338 e. The molecule has 0 amide bonds. The lowest BCUT2D eigenvalue weighted by Crippen LogP contribution is -2.75. The Labute approximate surface area is 195 Å². The van der Waals surface area contributed by atoms with E-state index in [0.29, 0.717) is 17.9 Å². The highest BCUT2D eigenvalue weighted by atomic mass is 16.5.